The molecule has 1 aliphatic heterocycles. The van der Waals surface area contributed by atoms with Gasteiger partial charge in [0, 0.05) is 24.0 Å². The van der Waals surface area contributed by atoms with Crippen molar-refractivity contribution in [3.05, 3.63) is 52.6 Å². The number of allylic oxidation sites excluding steroid dienone is 3. The predicted octanol–water partition coefficient (Wildman–Crippen LogP) is 2.69. The van der Waals surface area contributed by atoms with Crippen LogP contribution in [0.5, 0.6) is 5.75 Å². The number of para-hydroxylation sites is 1. The molecular formula is C21H22N2O5. The molecule has 1 heterocycles. The largest absolute Gasteiger partial charge is 0.482 e. The Morgan fingerprint density at radius 3 is 2.75 bits per heavy atom. The van der Waals surface area contributed by atoms with Crippen LogP contribution in [-0.4, -0.2) is 25.5 Å². The lowest BCUT2D eigenvalue weighted by molar-refractivity contribution is -0.143. The Morgan fingerprint density at radius 2 is 2.07 bits per heavy atom. The van der Waals surface area contributed by atoms with Crippen molar-refractivity contribution in [1.29, 1.82) is 5.26 Å². The van der Waals surface area contributed by atoms with Gasteiger partial charge in [-0.2, -0.15) is 5.26 Å². The van der Waals surface area contributed by atoms with Crippen LogP contribution in [-0.2, 0) is 19.1 Å². The lowest BCUT2D eigenvalue weighted by Gasteiger charge is -2.37. The Labute approximate surface area is 163 Å². The lowest BCUT2D eigenvalue weighted by Crippen LogP contribution is -2.33. The molecule has 0 spiro atoms. The number of Topliss-reactive ketones (excluding diaryl/α,β-unsaturated/α-hetero) is 1. The van der Waals surface area contributed by atoms with E-state index in [0.717, 1.165) is 0 Å². The minimum atomic E-state index is -0.703. The van der Waals surface area contributed by atoms with Crippen LogP contribution >= 0.6 is 0 Å². The average Bonchev–Trinajstić information content (AvgIpc) is 2.64. The fourth-order valence-corrected chi connectivity index (χ4v) is 3.64. The number of nitrogens with zero attached hydrogens (tertiary/aromatic N) is 1. The molecule has 0 radical (unpaired) electrons. The van der Waals surface area contributed by atoms with E-state index in [0.29, 0.717) is 35.5 Å². The fraction of sp³-hybridized carbons (Fsp3) is 0.381. The van der Waals surface area contributed by atoms with E-state index in [4.69, 9.17) is 15.2 Å². The fourth-order valence-electron chi connectivity index (χ4n) is 3.64. The van der Waals surface area contributed by atoms with Crippen molar-refractivity contribution < 1.29 is 23.8 Å². The number of rotatable bonds is 4. The molecule has 7 nitrogen and oxygen atoms in total. The number of benzene rings is 1. The molecule has 0 amide bonds. The summed E-state index contributed by atoms with van der Waals surface area (Å²) < 4.78 is 15.9. The summed E-state index contributed by atoms with van der Waals surface area (Å²) in [5.41, 5.74) is 6.93. The highest BCUT2D eigenvalue weighted by Crippen LogP contribution is 2.49. The predicted molar refractivity (Wildman–Crippen MR) is 99.7 cm³/mol. The van der Waals surface area contributed by atoms with Gasteiger partial charge in [0.15, 0.2) is 12.4 Å². The quantitative estimate of drug-likeness (QED) is 0.797. The van der Waals surface area contributed by atoms with Crippen LogP contribution in [0.25, 0.3) is 0 Å². The first-order valence-corrected chi connectivity index (χ1v) is 8.90. The van der Waals surface area contributed by atoms with Crippen molar-refractivity contribution in [1.82, 2.24) is 0 Å². The summed E-state index contributed by atoms with van der Waals surface area (Å²) in [5.74, 6) is -0.465. The standard InChI is InChI=1S/C21H22N2O5/c1-21(2)8-14(24)19-16(9-21)28-20(23)13(10-22)18(19)12-6-4-5-7-15(12)27-11-17(25)26-3/h4-7,18H,8-9,11,23H2,1-3H3/t18-/m0/s1. The highest BCUT2D eigenvalue weighted by atomic mass is 16.6. The van der Waals surface area contributed by atoms with Crippen LogP contribution in [0, 0.1) is 16.7 Å². The van der Waals surface area contributed by atoms with Crippen molar-refractivity contribution in [2.75, 3.05) is 13.7 Å². The van der Waals surface area contributed by atoms with E-state index in [2.05, 4.69) is 10.8 Å². The molecule has 1 aromatic carbocycles. The number of nitrogens with two attached hydrogens (primary N) is 1. The molecule has 0 fully saturated rings. The number of nitriles is 1. The molecule has 0 saturated heterocycles. The number of ether oxygens (including phenoxy) is 3. The molecule has 0 unspecified atom stereocenters. The molecule has 1 atom stereocenters. The molecule has 1 aromatic rings. The van der Waals surface area contributed by atoms with E-state index >= 15 is 0 Å². The van der Waals surface area contributed by atoms with E-state index in [9.17, 15) is 14.9 Å². The highest BCUT2D eigenvalue weighted by molar-refractivity contribution is 6.00. The summed E-state index contributed by atoms with van der Waals surface area (Å²) in [5, 5.41) is 9.70. The van der Waals surface area contributed by atoms with E-state index in [1.54, 1.807) is 24.3 Å². The Morgan fingerprint density at radius 1 is 1.36 bits per heavy atom. The normalized spacial score (nSPS) is 20.8. The van der Waals surface area contributed by atoms with Gasteiger partial charge in [-0.3, -0.25) is 4.79 Å². The maximum Gasteiger partial charge on any atom is 0.343 e. The Bertz CT molecular complexity index is 936. The summed E-state index contributed by atoms with van der Waals surface area (Å²) in [6, 6.07) is 9.03. The SMILES string of the molecule is COC(=O)COc1ccccc1[C@H]1C(C#N)=C(N)OC2=C1C(=O)CC(C)(C)C2. The molecule has 7 heteroatoms. The van der Waals surface area contributed by atoms with Crippen LogP contribution in [0.4, 0.5) is 0 Å². The van der Waals surface area contributed by atoms with Gasteiger partial charge in [-0.05, 0) is 11.5 Å². The lowest BCUT2D eigenvalue weighted by atomic mass is 9.70. The van der Waals surface area contributed by atoms with Gasteiger partial charge in [0.2, 0.25) is 5.88 Å². The van der Waals surface area contributed by atoms with Crippen molar-refractivity contribution in [2.45, 2.75) is 32.6 Å². The number of hydrogen-bond donors (Lipinski definition) is 1. The number of carbonyl (C=O) groups excluding carboxylic acids is 2. The first-order chi connectivity index (χ1) is 13.3. The maximum atomic E-state index is 13.0. The Balaban J connectivity index is 2.11. The topological polar surface area (TPSA) is 112 Å². The monoisotopic (exact) mass is 382 g/mol. The Kier molecular flexibility index (Phi) is 5.14. The van der Waals surface area contributed by atoms with Gasteiger partial charge >= 0.3 is 5.97 Å². The zero-order chi connectivity index (χ0) is 20.5. The first kappa shape index (κ1) is 19.5. The molecule has 0 aromatic heterocycles. The molecule has 28 heavy (non-hydrogen) atoms. The molecule has 1 aliphatic carbocycles. The van der Waals surface area contributed by atoms with E-state index in [1.165, 1.54) is 7.11 Å². The van der Waals surface area contributed by atoms with Gasteiger partial charge in [-0.1, -0.05) is 32.0 Å². The average molecular weight is 382 g/mol. The summed E-state index contributed by atoms with van der Waals surface area (Å²) in [4.78, 5) is 24.5. The zero-order valence-corrected chi connectivity index (χ0v) is 16.1. The minimum absolute atomic E-state index is 0.0143. The minimum Gasteiger partial charge on any atom is -0.482 e. The highest BCUT2D eigenvalue weighted by Gasteiger charge is 2.43. The summed E-state index contributed by atoms with van der Waals surface area (Å²) in [7, 11) is 1.27. The van der Waals surface area contributed by atoms with Crippen molar-refractivity contribution in [2.24, 2.45) is 11.1 Å². The van der Waals surface area contributed by atoms with Gasteiger partial charge in [0.25, 0.3) is 0 Å². The van der Waals surface area contributed by atoms with Crippen LogP contribution in [0.1, 0.15) is 38.2 Å². The smallest absolute Gasteiger partial charge is 0.343 e. The van der Waals surface area contributed by atoms with Gasteiger partial charge < -0.3 is 19.9 Å². The molecular weight excluding hydrogens is 360 g/mol. The summed E-state index contributed by atoms with van der Waals surface area (Å²) in [6.07, 6.45) is 0.880. The van der Waals surface area contributed by atoms with E-state index in [1.807, 2.05) is 13.8 Å². The third-order valence-corrected chi connectivity index (χ3v) is 4.88. The molecule has 0 saturated carbocycles. The number of ketones is 1. The third kappa shape index (κ3) is 3.58. The number of carbonyl (C=O) groups is 2. The van der Waals surface area contributed by atoms with Crippen LogP contribution in [0.15, 0.2) is 47.1 Å². The molecule has 2 aliphatic rings. The van der Waals surface area contributed by atoms with Crippen molar-refractivity contribution in [3.63, 3.8) is 0 Å². The number of hydrogen-bond acceptors (Lipinski definition) is 7. The second kappa shape index (κ2) is 7.39. The van der Waals surface area contributed by atoms with Gasteiger partial charge in [0.1, 0.15) is 23.2 Å². The summed E-state index contributed by atoms with van der Waals surface area (Å²) >= 11 is 0. The van der Waals surface area contributed by atoms with Gasteiger partial charge in [0.05, 0.1) is 13.0 Å². The maximum absolute atomic E-state index is 13.0. The zero-order valence-electron chi connectivity index (χ0n) is 16.1. The van der Waals surface area contributed by atoms with Crippen molar-refractivity contribution >= 4 is 11.8 Å². The Hall–Kier alpha value is -3.27. The van der Waals surface area contributed by atoms with Crippen LogP contribution in [0.3, 0.4) is 0 Å². The van der Waals surface area contributed by atoms with Crippen LogP contribution in [0.2, 0.25) is 0 Å². The number of methoxy groups -OCH3 is 1. The van der Waals surface area contributed by atoms with Gasteiger partial charge in [-0.15, -0.1) is 0 Å². The second-order valence-electron chi connectivity index (χ2n) is 7.61. The van der Waals surface area contributed by atoms with Gasteiger partial charge in [-0.25, -0.2) is 4.79 Å². The summed E-state index contributed by atoms with van der Waals surface area (Å²) in [6.45, 7) is 3.69. The number of esters is 1. The van der Waals surface area contributed by atoms with Crippen molar-refractivity contribution in [3.8, 4) is 11.8 Å². The molecule has 3 rings (SSSR count). The van der Waals surface area contributed by atoms with E-state index < -0.39 is 11.9 Å². The van der Waals surface area contributed by atoms with E-state index in [-0.39, 0.29) is 29.3 Å². The second-order valence-corrected chi connectivity index (χ2v) is 7.61. The first-order valence-electron chi connectivity index (χ1n) is 8.90. The molecule has 0 bridgehead atoms. The van der Waals surface area contributed by atoms with Crippen LogP contribution < -0.4 is 10.5 Å². The molecule has 146 valence electrons. The molecule has 2 N–H and O–H groups in total. The third-order valence-electron chi connectivity index (χ3n) is 4.88.